The molecule has 0 unspecified atom stereocenters. The lowest BCUT2D eigenvalue weighted by Gasteiger charge is -2.15. The summed E-state index contributed by atoms with van der Waals surface area (Å²) in [6.07, 6.45) is 0. The number of benzene rings is 6. The monoisotopic (exact) mass is 368 g/mol. The summed E-state index contributed by atoms with van der Waals surface area (Å²) >= 11 is 0. The Morgan fingerprint density at radius 2 is 1.07 bits per heavy atom. The van der Waals surface area contributed by atoms with Crippen LogP contribution in [-0.2, 0) is 0 Å². The minimum Gasteiger partial charge on any atom is -0.0620 e. The average molecular weight is 368 g/mol. The van der Waals surface area contributed by atoms with Crippen molar-refractivity contribution in [1.82, 2.24) is 0 Å². The predicted octanol–water partition coefficient (Wildman–Crippen LogP) is 8.23. The summed E-state index contributed by atoms with van der Waals surface area (Å²) in [5.41, 5.74) is 6.44. The van der Waals surface area contributed by atoms with Crippen molar-refractivity contribution in [2.75, 3.05) is 0 Å². The summed E-state index contributed by atoms with van der Waals surface area (Å²) in [5, 5.41) is 8.01. The zero-order valence-electron chi connectivity index (χ0n) is 16.3. The first-order chi connectivity index (χ1) is 14.3. The summed E-state index contributed by atoms with van der Waals surface area (Å²) in [6, 6.07) is 37.7. The number of rotatable bonds is 2. The zero-order valence-corrected chi connectivity index (χ0v) is 16.3. The first-order valence-corrected chi connectivity index (χ1v) is 10.1. The summed E-state index contributed by atoms with van der Waals surface area (Å²) in [6.45, 7) is 2.18. The molecule has 0 fully saturated rings. The summed E-state index contributed by atoms with van der Waals surface area (Å²) in [5.74, 6) is 0. The van der Waals surface area contributed by atoms with Crippen LogP contribution >= 0.6 is 0 Å². The van der Waals surface area contributed by atoms with E-state index in [4.69, 9.17) is 0 Å². The molecule has 6 rings (SSSR count). The lowest BCUT2D eigenvalue weighted by atomic mass is 9.89. The molecule has 6 aromatic rings. The van der Waals surface area contributed by atoms with Crippen LogP contribution in [0.2, 0.25) is 0 Å². The standard InChI is InChI=1S/C29H20/c1-19-6-2-3-11-25(19)23-9-5-10-24(18-23)26-16-14-22-13-12-20-7-4-8-21-15-17-27(26)29(22)28(20)21/h2-18H,1H3. The van der Waals surface area contributed by atoms with Crippen molar-refractivity contribution in [3.05, 3.63) is 109 Å². The molecule has 0 aliphatic rings. The largest absolute Gasteiger partial charge is 0.0620 e. The Hall–Kier alpha value is -3.64. The molecule has 0 aliphatic carbocycles. The lowest BCUT2D eigenvalue weighted by molar-refractivity contribution is 1.46. The van der Waals surface area contributed by atoms with E-state index in [0.29, 0.717) is 0 Å². The van der Waals surface area contributed by atoms with Gasteiger partial charge in [-0.1, -0.05) is 97.1 Å². The van der Waals surface area contributed by atoms with Gasteiger partial charge in [-0.3, -0.25) is 0 Å². The maximum atomic E-state index is 2.33. The third kappa shape index (κ3) is 2.46. The van der Waals surface area contributed by atoms with E-state index < -0.39 is 0 Å². The van der Waals surface area contributed by atoms with E-state index in [2.05, 4.69) is 110 Å². The van der Waals surface area contributed by atoms with Gasteiger partial charge in [0, 0.05) is 0 Å². The highest BCUT2D eigenvalue weighted by molar-refractivity contribution is 6.25. The van der Waals surface area contributed by atoms with E-state index in [1.54, 1.807) is 0 Å². The van der Waals surface area contributed by atoms with Crippen molar-refractivity contribution in [2.45, 2.75) is 6.92 Å². The lowest BCUT2D eigenvalue weighted by Crippen LogP contribution is -1.88. The summed E-state index contributed by atoms with van der Waals surface area (Å²) < 4.78 is 0. The van der Waals surface area contributed by atoms with Crippen LogP contribution in [0.5, 0.6) is 0 Å². The van der Waals surface area contributed by atoms with Gasteiger partial charge in [-0.2, -0.15) is 0 Å². The highest BCUT2D eigenvalue weighted by atomic mass is 14.2. The highest BCUT2D eigenvalue weighted by Gasteiger charge is 2.12. The molecule has 0 nitrogen and oxygen atoms in total. The van der Waals surface area contributed by atoms with Crippen LogP contribution in [0.25, 0.3) is 54.6 Å². The maximum Gasteiger partial charge on any atom is -0.00206 e. The Kier molecular flexibility index (Phi) is 3.48. The highest BCUT2D eigenvalue weighted by Crippen LogP contribution is 2.39. The number of hydrogen-bond donors (Lipinski definition) is 0. The van der Waals surface area contributed by atoms with Gasteiger partial charge in [-0.15, -0.1) is 0 Å². The fraction of sp³-hybridized carbons (Fsp3) is 0.0345. The second kappa shape index (κ2) is 6.18. The van der Waals surface area contributed by atoms with Gasteiger partial charge in [0.1, 0.15) is 0 Å². The topological polar surface area (TPSA) is 0 Å². The van der Waals surface area contributed by atoms with Crippen molar-refractivity contribution in [3.63, 3.8) is 0 Å². The van der Waals surface area contributed by atoms with Crippen molar-refractivity contribution in [3.8, 4) is 22.3 Å². The molecule has 0 saturated carbocycles. The van der Waals surface area contributed by atoms with Crippen LogP contribution in [-0.4, -0.2) is 0 Å². The van der Waals surface area contributed by atoms with Gasteiger partial charge in [0.2, 0.25) is 0 Å². The molecule has 0 saturated heterocycles. The van der Waals surface area contributed by atoms with Crippen molar-refractivity contribution in [1.29, 1.82) is 0 Å². The number of aryl methyl sites for hydroxylation is 1. The van der Waals surface area contributed by atoms with Crippen LogP contribution in [0.1, 0.15) is 5.56 Å². The first-order valence-electron chi connectivity index (χ1n) is 10.1. The van der Waals surface area contributed by atoms with Gasteiger partial charge in [-0.25, -0.2) is 0 Å². The van der Waals surface area contributed by atoms with E-state index >= 15 is 0 Å². The molecule has 0 spiro atoms. The second-order valence-electron chi connectivity index (χ2n) is 7.86. The summed E-state index contributed by atoms with van der Waals surface area (Å²) in [7, 11) is 0. The smallest absolute Gasteiger partial charge is 0.00206 e. The fourth-order valence-corrected chi connectivity index (χ4v) is 4.74. The van der Waals surface area contributed by atoms with Crippen LogP contribution in [0.3, 0.4) is 0 Å². The Bertz CT molecular complexity index is 1490. The molecular formula is C29H20. The molecule has 6 aromatic carbocycles. The average Bonchev–Trinajstić information content (AvgIpc) is 2.78. The zero-order chi connectivity index (χ0) is 19.4. The molecule has 0 aliphatic heterocycles. The molecule has 0 N–H and O–H groups in total. The van der Waals surface area contributed by atoms with E-state index in [1.165, 1.54) is 60.1 Å². The van der Waals surface area contributed by atoms with Crippen molar-refractivity contribution in [2.24, 2.45) is 0 Å². The molecule has 0 aromatic heterocycles. The van der Waals surface area contributed by atoms with Gasteiger partial charge in [-0.05, 0) is 73.1 Å². The van der Waals surface area contributed by atoms with Gasteiger partial charge >= 0.3 is 0 Å². The normalized spacial score (nSPS) is 11.6. The van der Waals surface area contributed by atoms with Crippen LogP contribution in [0.15, 0.2) is 103 Å². The molecule has 0 atom stereocenters. The molecule has 0 heteroatoms. The SMILES string of the molecule is Cc1ccccc1-c1cccc(-c2ccc3ccc4cccc5ccc2c3c45)c1. The van der Waals surface area contributed by atoms with E-state index in [-0.39, 0.29) is 0 Å². The Labute approximate surface area is 170 Å². The van der Waals surface area contributed by atoms with Crippen LogP contribution in [0, 0.1) is 6.92 Å². The molecule has 0 heterocycles. The fourth-order valence-electron chi connectivity index (χ4n) is 4.74. The minimum absolute atomic E-state index is 1.27. The van der Waals surface area contributed by atoms with Gasteiger partial charge in [0.25, 0.3) is 0 Å². The van der Waals surface area contributed by atoms with E-state index in [9.17, 15) is 0 Å². The van der Waals surface area contributed by atoms with Crippen molar-refractivity contribution >= 4 is 32.3 Å². The third-order valence-electron chi connectivity index (χ3n) is 6.16. The maximum absolute atomic E-state index is 2.33. The molecule has 29 heavy (non-hydrogen) atoms. The molecular weight excluding hydrogens is 348 g/mol. The van der Waals surface area contributed by atoms with Crippen LogP contribution in [0.4, 0.5) is 0 Å². The van der Waals surface area contributed by atoms with Crippen molar-refractivity contribution < 1.29 is 0 Å². The minimum atomic E-state index is 1.27. The molecule has 136 valence electrons. The quantitative estimate of drug-likeness (QED) is 0.270. The molecule has 0 radical (unpaired) electrons. The van der Waals surface area contributed by atoms with Gasteiger partial charge < -0.3 is 0 Å². The molecule has 0 amide bonds. The Morgan fingerprint density at radius 3 is 1.86 bits per heavy atom. The predicted molar refractivity (Wildman–Crippen MR) is 126 cm³/mol. The Morgan fingerprint density at radius 1 is 0.448 bits per heavy atom. The third-order valence-corrected chi connectivity index (χ3v) is 6.16. The van der Waals surface area contributed by atoms with Crippen LogP contribution < -0.4 is 0 Å². The molecule has 0 bridgehead atoms. The van der Waals surface area contributed by atoms with Gasteiger partial charge in [0.05, 0.1) is 0 Å². The van der Waals surface area contributed by atoms with E-state index in [1.807, 2.05) is 0 Å². The summed E-state index contributed by atoms with van der Waals surface area (Å²) in [4.78, 5) is 0. The number of hydrogen-bond acceptors (Lipinski definition) is 0. The van der Waals surface area contributed by atoms with E-state index in [0.717, 1.165) is 0 Å². The second-order valence-corrected chi connectivity index (χ2v) is 7.86. The Balaban J connectivity index is 1.64. The van der Waals surface area contributed by atoms with Gasteiger partial charge in [0.15, 0.2) is 0 Å². The first kappa shape index (κ1) is 16.3.